The number of sulfonamides is 1. The lowest BCUT2D eigenvalue weighted by atomic mass is 10.1. The van der Waals surface area contributed by atoms with Crippen LogP contribution in [0.3, 0.4) is 0 Å². The number of esters is 1. The van der Waals surface area contributed by atoms with Crippen LogP contribution in [0.25, 0.3) is 0 Å². The number of hydrogen-bond acceptors (Lipinski definition) is 7. The molecular formula is C23H21N3O5S2. The van der Waals surface area contributed by atoms with Crippen molar-refractivity contribution in [2.24, 2.45) is 0 Å². The lowest BCUT2D eigenvalue weighted by Crippen LogP contribution is -2.30. The van der Waals surface area contributed by atoms with E-state index in [9.17, 15) is 23.3 Å². The minimum Gasteiger partial charge on any atom is -0.465 e. The van der Waals surface area contributed by atoms with Crippen LogP contribution in [0.15, 0.2) is 59.5 Å². The Morgan fingerprint density at radius 1 is 1.12 bits per heavy atom. The van der Waals surface area contributed by atoms with Crippen LogP contribution in [-0.4, -0.2) is 33.9 Å². The molecule has 0 aliphatic rings. The lowest BCUT2D eigenvalue weighted by Gasteiger charge is -2.23. The number of amides is 1. The second-order valence-corrected chi connectivity index (χ2v) is 9.73. The third kappa shape index (κ3) is 4.74. The van der Waals surface area contributed by atoms with E-state index in [0.717, 1.165) is 11.3 Å². The molecule has 1 aromatic heterocycles. The van der Waals surface area contributed by atoms with E-state index in [1.54, 1.807) is 44.2 Å². The number of anilines is 2. The van der Waals surface area contributed by atoms with Crippen LogP contribution in [0.5, 0.6) is 0 Å². The zero-order valence-electron chi connectivity index (χ0n) is 18.2. The molecule has 0 radical (unpaired) electrons. The van der Waals surface area contributed by atoms with Gasteiger partial charge in [-0.2, -0.15) is 5.26 Å². The van der Waals surface area contributed by atoms with Crippen LogP contribution in [0, 0.1) is 18.3 Å². The maximum Gasteiger partial charge on any atom is 0.348 e. The highest BCUT2D eigenvalue weighted by molar-refractivity contribution is 7.92. The smallest absolute Gasteiger partial charge is 0.348 e. The number of rotatable bonds is 7. The number of carbonyl (C=O) groups excluding carboxylic acids is 2. The largest absolute Gasteiger partial charge is 0.465 e. The predicted octanol–water partition coefficient (Wildman–Crippen LogP) is 4.18. The summed E-state index contributed by atoms with van der Waals surface area (Å²) in [5, 5.41) is 12.3. The van der Waals surface area contributed by atoms with Gasteiger partial charge in [0.1, 0.15) is 15.9 Å². The van der Waals surface area contributed by atoms with Crippen LogP contribution in [0.1, 0.15) is 38.1 Å². The molecule has 2 aromatic carbocycles. The maximum absolute atomic E-state index is 13.1. The molecule has 1 N–H and O–H groups in total. The van der Waals surface area contributed by atoms with Crippen molar-refractivity contribution in [3.05, 3.63) is 76.2 Å². The van der Waals surface area contributed by atoms with Gasteiger partial charge in [-0.15, -0.1) is 11.3 Å². The molecule has 3 aromatic rings. The highest BCUT2D eigenvalue weighted by Gasteiger charge is 2.25. The summed E-state index contributed by atoms with van der Waals surface area (Å²) in [6.07, 6.45) is 0. The maximum atomic E-state index is 13.1. The number of methoxy groups -OCH3 is 1. The van der Waals surface area contributed by atoms with Crippen molar-refractivity contribution in [1.29, 1.82) is 5.26 Å². The van der Waals surface area contributed by atoms with Crippen molar-refractivity contribution in [2.45, 2.75) is 18.7 Å². The Balaban J connectivity index is 1.86. The molecule has 0 aliphatic heterocycles. The van der Waals surface area contributed by atoms with Gasteiger partial charge in [-0.1, -0.05) is 18.2 Å². The first-order chi connectivity index (χ1) is 15.7. The highest BCUT2D eigenvalue weighted by atomic mass is 32.2. The Morgan fingerprint density at radius 3 is 2.30 bits per heavy atom. The van der Waals surface area contributed by atoms with Gasteiger partial charge in [0.2, 0.25) is 0 Å². The number of thiophene rings is 1. The molecule has 33 heavy (non-hydrogen) atoms. The van der Waals surface area contributed by atoms with Crippen LogP contribution in [0.4, 0.5) is 10.7 Å². The number of ether oxygens (including phenoxy) is 1. The molecule has 0 unspecified atom stereocenters. The van der Waals surface area contributed by atoms with Gasteiger partial charge >= 0.3 is 5.97 Å². The van der Waals surface area contributed by atoms with Gasteiger partial charge in [-0.3, -0.25) is 9.10 Å². The summed E-state index contributed by atoms with van der Waals surface area (Å²) in [4.78, 5) is 24.9. The SMILES string of the molecule is CCN(c1ccccc1)S(=O)(=O)c1ccc(C(=O)Nc2sc(C(=O)OC)c(C)c2C#N)cc1. The number of nitrogens with one attached hydrogen (secondary N) is 1. The van der Waals surface area contributed by atoms with E-state index in [4.69, 9.17) is 4.74 Å². The molecule has 3 rings (SSSR count). The fraction of sp³-hybridized carbons (Fsp3) is 0.174. The number of nitrogens with zero attached hydrogens (tertiary/aromatic N) is 2. The van der Waals surface area contributed by atoms with Crippen LogP contribution >= 0.6 is 11.3 Å². The Labute approximate surface area is 196 Å². The van der Waals surface area contributed by atoms with Crippen molar-refractivity contribution in [1.82, 2.24) is 0 Å². The number of benzene rings is 2. The van der Waals surface area contributed by atoms with Crippen molar-refractivity contribution in [3.63, 3.8) is 0 Å². The van der Waals surface area contributed by atoms with E-state index in [1.807, 2.05) is 6.07 Å². The van der Waals surface area contributed by atoms with E-state index < -0.39 is 21.9 Å². The molecule has 0 spiro atoms. The van der Waals surface area contributed by atoms with Gasteiger partial charge < -0.3 is 10.1 Å². The Morgan fingerprint density at radius 2 is 1.76 bits per heavy atom. The summed E-state index contributed by atoms with van der Waals surface area (Å²) in [6, 6.07) is 16.2. The molecular weight excluding hydrogens is 462 g/mol. The topological polar surface area (TPSA) is 117 Å². The molecule has 1 heterocycles. The summed E-state index contributed by atoms with van der Waals surface area (Å²) in [7, 11) is -2.59. The molecule has 0 atom stereocenters. The second kappa shape index (κ2) is 9.85. The van der Waals surface area contributed by atoms with E-state index in [2.05, 4.69) is 5.32 Å². The molecule has 170 valence electrons. The summed E-state index contributed by atoms with van der Waals surface area (Å²) in [6.45, 7) is 3.58. The Kier molecular flexibility index (Phi) is 7.16. The molecule has 0 bridgehead atoms. The van der Waals surface area contributed by atoms with Gasteiger partial charge in [-0.05, 0) is 55.8 Å². The lowest BCUT2D eigenvalue weighted by molar-refractivity contribution is 0.0605. The van der Waals surface area contributed by atoms with Crippen molar-refractivity contribution in [3.8, 4) is 6.07 Å². The third-order valence-electron chi connectivity index (χ3n) is 4.89. The van der Waals surface area contributed by atoms with Crippen molar-refractivity contribution >= 4 is 43.9 Å². The monoisotopic (exact) mass is 483 g/mol. The van der Waals surface area contributed by atoms with E-state index in [0.29, 0.717) is 11.3 Å². The van der Waals surface area contributed by atoms with E-state index in [1.165, 1.54) is 35.7 Å². The molecule has 0 fully saturated rings. The molecule has 1 amide bonds. The number of para-hydroxylation sites is 1. The summed E-state index contributed by atoms with van der Waals surface area (Å²) in [5.74, 6) is -1.13. The highest BCUT2D eigenvalue weighted by Crippen LogP contribution is 2.33. The van der Waals surface area contributed by atoms with Crippen LogP contribution in [-0.2, 0) is 14.8 Å². The first-order valence-corrected chi connectivity index (χ1v) is 12.1. The van der Waals surface area contributed by atoms with Crippen molar-refractivity contribution in [2.75, 3.05) is 23.3 Å². The summed E-state index contributed by atoms with van der Waals surface area (Å²) < 4.78 is 32.2. The zero-order chi connectivity index (χ0) is 24.2. The average Bonchev–Trinajstić information content (AvgIpc) is 3.14. The van der Waals surface area contributed by atoms with Gasteiger partial charge in [0, 0.05) is 12.1 Å². The minimum absolute atomic E-state index is 0.0439. The summed E-state index contributed by atoms with van der Waals surface area (Å²) >= 11 is 0.947. The fourth-order valence-corrected chi connectivity index (χ4v) is 5.73. The first kappa shape index (κ1) is 24.0. The van der Waals surface area contributed by atoms with Gasteiger partial charge in [-0.25, -0.2) is 13.2 Å². The average molecular weight is 484 g/mol. The standard InChI is InChI=1S/C23H21N3O5S2/c1-4-26(17-8-6-5-7-9-17)33(29,30)18-12-10-16(11-13-18)21(27)25-22-19(14-24)15(2)20(32-22)23(28)31-3/h5-13H,4H2,1-3H3,(H,25,27). The fourth-order valence-electron chi connectivity index (χ4n) is 3.19. The molecule has 0 aliphatic carbocycles. The third-order valence-corrected chi connectivity index (χ3v) is 8.00. The normalized spacial score (nSPS) is 10.8. The minimum atomic E-state index is -3.82. The molecule has 0 saturated heterocycles. The van der Waals surface area contributed by atoms with E-state index in [-0.39, 0.29) is 32.4 Å². The number of hydrogen-bond donors (Lipinski definition) is 1. The molecule has 10 heteroatoms. The first-order valence-electron chi connectivity index (χ1n) is 9.85. The van der Waals surface area contributed by atoms with Gasteiger partial charge in [0.05, 0.1) is 23.3 Å². The van der Waals surface area contributed by atoms with E-state index >= 15 is 0 Å². The Hall–Kier alpha value is -3.68. The predicted molar refractivity (Wildman–Crippen MR) is 126 cm³/mol. The zero-order valence-corrected chi connectivity index (χ0v) is 19.8. The van der Waals surface area contributed by atoms with Crippen molar-refractivity contribution < 1.29 is 22.7 Å². The van der Waals surface area contributed by atoms with Crippen LogP contribution in [0.2, 0.25) is 0 Å². The quantitative estimate of drug-likeness (QED) is 0.504. The van der Waals surface area contributed by atoms with Crippen LogP contribution < -0.4 is 9.62 Å². The number of nitriles is 1. The summed E-state index contributed by atoms with van der Waals surface area (Å²) in [5.41, 5.74) is 1.34. The number of carbonyl (C=O) groups is 2. The molecule has 0 saturated carbocycles. The second-order valence-electron chi connectivity index (χ2n) is 6.85. The van der Waals surface area contributed by atoms with Gasteiger partial charge in [0.25, 0.3) is 15.9 Å². The Bertz CT molecular complexity index is 1320. The van der Waals surface area contributed by atoms with Gasteiger partial charge in [0.15, 0.2) is 0 Å². The molecule has 8 nitrogen and oxygen atoms in total.